The van der Waals surface area contributed by atoms with Crippen molar-refractivity contribution in [1.29, 1.82) is 0 Å². The lowest BCUT2D eigenvalue weighted by molar-refractivity contribution is -0.137. The number of hydrogen-bond acceptors (Lipinski definition) is 6. The van der Waals surface area contributed by atoms with Crippen LogP contribution < -0.4 is 10.2 Å². The number of rotatable bonds is 7. The van der Waals surface area contributed by atoms with Gasteiger partial charge in [0.15, 0.2) is 5.78 Å². The van der Waals surface area contributed by atoms with Crippen molar-refractivity contribution in [2.24, 2.45) is 5.92 Å². The molecule has 10 nitrogen and oxygen atoms in total. The van der Waals surface area contributed by atoms with Crippen LogP contribution in [-0.4, -0.2) is 122 Å². The number of fused-ring (bicyclic) bond motifs is 1. The zero-order valence-corrected chi connectivity index (χ0v) is 22.5. The first-order valence-corrected chi connectivity index (χ1v) is 13.3. The molecule has 4 amide bonds. The van der Waals surface area contributed by atoms with Crippen LogP contribution in [-0.2, 0) is 9.59 Å². The Morgan fingerprint density at radius 3 is 2.35 bits per heavy atom. The fraction of sp³-hybridized carbons (Fsp3) is 0.630. The van der Waals surface area contributed by atoms with Crippen molar-refractivity contribution in [3.8, 4) is 0 Å². The number of Topliss-reactive ketones (excluding diaryl/α,β-unsaturated/α-hetero) is 1. The van der Waals surface area contributed by atoms with Crippen LogP contribution in [0.1, 0.15) is 36.5 Å². The molecule has 37 heavy (non-hydrogen) atoms. The van der Waals surface area contributed by atoms with Crippen LogP contribution in [0.3, 0.4) is 0 Å². The van der Waals surface area contributed by atoms with E-state index in [9.17, 15) is 19.2 Å². The summed E-state index contributed by atoms with van der Waals surface area (Å²) < 4.78 is 0. The van der Waals surface area contributed by atoms with Crippen molar-refractivity contribution in [3.05, 3.63) is 29.8 Å². The summed E-state index contributed by atoms with van der Waals surface area (Å²) in [6.45, 7) is 6.02. The number of piperazine rings is 1. The summed E-state index contributed by atoms with van der Waals surface area (Å²) in [5.74, 6) is -0.165. The van der Waals surface area contributed by atoms with Crippen LogP contribution in [0.2, 0.25) is 0 Å². The first-order chi connectivity index (χ1) is 17.7. The van der Waals surface area contributed by atoms with Crippen molar-refractivity contribution in [2.45, 2.75) is 38.3 Å². The molecule has 3 aliphatic rings. The molecule has 0 aliphatic carbocycles. The minimum absolute atomic E-state index is 0.0430. The van der Waals surface area contributed by atoms with Gasteiger partial charge < -0.3 is 29.8 Å². The minimum atomic E-state index is -0.527. The molecule has 0 spiro atoms. The zero-order chi connectivity index (χ0) is 26.7. The molecule has 1 aromatic rings. The zero-order valence-electron chi connectivity index (χ0n) is 22.5. The molecule has 3 fully saturated rings. The molecule has 3 saturated heterocycles. The van der Waals surface area contributed by atoms with Gasteiger partial charge in [0, 0.05) is 71.0 Å². The van der Waals surface area contributed by atoms with Gasteiger partial charge in [0.2, 0.25) is 5.91 Å². The van der Waals surface area contributed by atoms with Gasteiger partial charge >= 0.3 is 6.03 Å². The number of carbonyl (C=O) groups is 4. The number of anilines is 1. The number of ketones is 1. The van der Waals surface area contributed by atoms with E-state index in [4.69, 9.17) is 0 Å². The molecule has 4 rings (SSSR count). The second-order valence-corrected chi connectivity index (χ2v) is 10.9. The van der Waals surface area contributed by atoms with E-state index in [0.717, 1.165) is 18.8 Å². The topological polar surface area (TPSA) is 96.5 Å². The predicted octanol–water partition coefficient (Wildman–Crippen LogP) is 1.12. The average Bonchev–Trinajstić information content (AvgIpc) is 3.45. The third kappa shape index (κ3) is 6.06. The van der Waals surface area contributed by atoms with Gasteiger partial charge in [-0.3, -0.25) is 14.4 Å². The van der Waals surface area contributed by atoms with Gasteiger partial charge in [-0.15, -0.1) is 0 Å². The monoisotopic (exact) mass is 512 g/mol. The van der Waals surface area contributed by atoms with Crippen molar-refractivity contribution in [3.63, 3.8) is 0 Å². The van der Waals surface area contributed by atoms with Gasteiger partial charge in [0.25, 0.3) is 5.91 Å². The van der Waals surface area contributed by atoms with E-state index in [-0.39, 0.29) is 42.1 Å². The van der Waals surface area contributed by atoms with Crippen molar-refractivity contribution in [2.75, 3.05) is 71.9 Å². The SMILES string of the molecule is CC(CCNC(=O)c1ccc(N(C)C)cc1)CC(=O)N1CCC2C1C(=O)CN2C(=O)N1CCN(C)CC1. The molecular formula is C27H40N6O4. The first-order valence-electron chi connectivity index (χ1n) is 13.3. The number of likely N-dealkylation sites (tertiary alicyclic amines) is 2. The van der Waals surface area contributed by atoms with E-state index < -0.39 is 6.04 Å². The van der Waals surface area contributed by atoms with Gasteiger partial charge in [-0.05, 0) is 50.1 Å². The number of likely N-dealkylation sites (N-methyl/N-ethyl adjacent to an activating group) is 1. The smallest absolute Gasteiger partial charge is 0.320 e. The van der Waals surface area contributed by atoms with Gasteiger partial charge in [0.1, 0.15) is 6.04 Å². The van der Waals surface area contributed by atoms with Crippen LogP contribution in [0.25, 0.3) is 0 Å². The lowest BCUT2D eigenvalue weighted by Gasteiger charge is -2.36. The Morgan fingerprint density at radius 2 is 1.70 bits per heavy atom. The molecule has 1 aromatic carbocycles. The van der Waals surface area contributed by atoms with E-state index >= 15 is 0 Å². The Morgan fingerprint density at radius 1 is 1.03 bits per heavy atom. The van der Waals surface area contributed by atoms with Gasteiger partial charge in [0.05, 0.1) is 12.6 Å². The third-order valence-electron chi connectivity index (χ3n) is 7.85. The fourth-order valence-electron chi connectivity index (χ4n) is 5.50. The molecule has 1 N–H and O–H groups in total. The standard InChI is InChI=1S/C27H40N6O4/c1-19(9-11-28-26(36)20-5-7-21(8-6-20)29(2)3)17-24(35)32-12-10-22-25(32)23(34)18-33(22)27(37)31-15-13-30(4)14-16-31/h5-8,19,22,25H,9-18H2,1-4H3,(H,28,36). The van der Waals surface area contributed by atoms with Crippen LogP contribution in [0.4, 0.5) is 10.5 Å². The normalized spacial score (nSPS) is 22.7. The van der Waals surface area contributed by atoms with Crippen LogP contribution in [0.15, 0.2) is 24.3 Å². The fourth-order valence-corrected chi connectivity index (χ4v) is 5.50. The largest absolute Gasteiger partial charge is 0.378 e. The number of benzene rings is 1. The number of amides is 4. The Bertz CT molecular complexity index is 1000. The summed E-state index contributed by atoms with van der Waals surface area (Å²) >= 11 is 0. The number of nitrogens with zero attached hydrogens (tertiary/aromatic N) is 5. The highest BCUT2D eigenvalue weighted by Gasteiger charge is 2.52. The van der Waals surface area contributed by atoms with E-state index in [0.29, 0.717) is 51.0 Å². The van der Waals surface area contributed by atoms with Crippen LogP contribution in [0, 0.1) is 5.92 Å². The quantitative estimate of drug-likeness (QED) is 0.588. The van der Waals surface area contributed by atoms with E-state index in [1.54, 1.807) is 21.9 Å². The maximum absolute atomic E-state index is 13.1. The Labute approximate surface area is 219 Å². The third-order valence-corrected chi connectivity index (χ3v) is 7.85. The first kappa shape index (κ1) is 26.9. The van der Waals surface area contributed by atoms with E-state index in [2.05, 4.69) is 10.2 Å². The summed E-state index contributed by atoms with van der Waals surface area (Å²) in [5, 5.41) is 2.93. The molecule has 0 bridgehead atoms. The second kappa shape index (κ2) is 11.5. The Hall–Kier alpha value is -3.14. The molecule has 0 aromatic heterocycles. The second-order valence-electron chi connectivity index (χ2n) is 10.9. The van der Waals surface area contributed by atoms with Crippen molar-refractivity contribution < 1.29 is 19.2 Å². The molecular weight excluding hydrogens is 472 g/mol. The molecule has 3 heterocycles. The molecule has 3 aliphatic heterocycles. The molecule has 3 atom stereocenters. The molecule has 3 unspecified atom stereocenters. The van der Waals surface area contributed by atoms with E-state index in [1.165, 1.54) is 0 Å². The maximum atomic E-state index is 13.1. The predicted molar refractivity (Wildman–Crippen MR) is 142 cm³/mol. The Balaban J connectivity index is 1.24. The molecule has 0 saturated carbocycles. The van der Waals surface area contributed by atoms with Gasteiger partial charge in [-0.1, -0.05) is 6.92 Å². The number of urea groups is 1. The maximum Gasteiger partial charge on any atom is 0.320 e. The molecule has 202 valence electrons. The summed E-state index contributed by atoms with van der Waals surface area (Å²) in [6.07, 6.45) is 1.62. The summed E-state index contributed by atoms with van der Waals surface area (Å²) in [7, 11) is 5.94. The minimum Gasteiger partial charge on any atom is -0.378 e. The molecule has 0 radical (unpaired) electrons. The van der Waals surface area contributed by atoms with Crippen molar-refractivity contribution >= 4 is 29.3 Å². The number of carbonyl (C=O) groups excluding carboxylic acids is 4. The summed E-state index contributed by atoms with van der Waals surface area (Å²) in [6, 6.07) is 6.59. The lowest BCUT2D eigenvalue weighted by Crippen LogP contribution is -2.53. The van der Waals surface area contributed by atoms with E-state index in [1.807, 2.05) is 50.0 Å². The van der Waals surface area contributed by atoms with Crippen LogP contribution in [0.5, 0.6) is 0 Å². The summed E-state index contributed by atoms with van der Waals surface area (Å²) in [4.78, 5) is 60.9. The number of hydrogen-bond donors (Lipinski definition) is 1. The highest BCUT2D eigenvalue weighted by molar-refractivity contribution is 5.97. The van der Waals surface area contributed by atoms with Crippen molar-refractivity contribution in [1.82, 2.24) is 24.9 Å². The average molecular weight is 513 g/mol. The summed E-state index contributed by atoms with van der Waals surface area (Å²) in [5.41, 5.74) is 1.63. The van der Waals surface area contributed by atoms with Gasteiger partial charge in [-0.25, -0.2) is 4.79 Å². The highest BCUT2D eigenvalue weighted by Crippen LogP contribution is 2.31. The number of nitrogens with one attached hydrogen (secondary N) is 1. The lowest BCUT2D eigenvalue weighted by atomic mass is 10.0. The highest BCUT2D eigenvalue weighted by atomic mass is 16.2. The van der Waals surface area contributed by atoms with Gasteiger partial charge in [-0.2, -0.15) is 0 Å². The molecule has 10 heteroatoms. The van der Waals surface area contributed by atoms with Crippen LogP contribution >= 0.6 is 0 Å². The Kier molecular flexibility index (Phi) is 8.36.